The van der Waals surface area contributed by atoms with Crippen LogP contribution in [0.1, 0.15) is 12.5 Å². The zero-order valence-electron chi connectivity index (χ0n) is 13.2. The van der Waals surface area contributed by atoms with Crippen LogP contribution in [0.15, 0.2) is 41.7 Å². The van der Waals surface area contributed by atoms with E-state index in [9.17, 15) is 4.79 Å². The van der Waals surface area contributed by atoms with E-state index in [4.69, 9.17) is 0 Å². The van der Waals surface area contributed by atoms with Crippen molar-refractivity contribution >= 4 is 11.0 Å². The van der Waals surface area contributed by atoms with Crippen molar-refractivity contribution in [1.82, 2.24) is 24.0 Å². The standard InChI is InChI=1S/C16H21N5O/c1-12(10-21-7-6-17-11-21)18-9-13-4-5-14-15(8-13)20(3)16(22)19(14)2/h4-8,11-12,18H,9-10H2,1-3H3/t12-/m0/s1. The minimum Gasteiger partial charge on any atom is -0.336 e. The maximum absolute atomic E-state index is 11.9. The first-order valence-corrected chi connectivity index (χ1v) is 7.39. The predicted molar refractivity (Wildman–Crippen MR) is 86.7 cm³/mol. The summed E-state index contributed by atoms with van der Waals surface area (Å²) in [5.41, 5.74) is 3.11. The third kappa shape index (κ3) is 2.69. The van der Waals surface area contributed by atoms with E-state index in [1.165, 1.54) is 5.56 Å². The van der Waals surface area contributed by atoms with Gasteiger partial charge >= 0.3 is 5.69 Å². The van der Waals surface area contributed by atoms with Crippen molar-refractivity contribution in [2.45, 2.75) is 26.1 Å². The highest BCUT2D eigenvalue weighted by Gasteiger charge is 2.08. The summed E-state index contributed by atoms with van der Waals surface area (Å²) in [7, 11) is 3.61. The summed E-state index contributed by atoms with van der Waals surface area (Å²) in [5.74, 6) is 0. The second-order valence-electron chi connectivity index (χ2n) is 5.77. The van der Waals surface area contributed by atoms with Gasteiger partial charge in [0.05, 0.1) is 17.4 Å². The molecule has 2 heterocycles. The Kier molecular flexibility index (Phi) is 3.85. The van der Waals surface area contributed by atoms with E-state index in [0.717, 1.165) is 24.1 Å². The molecule has 22 heavy (non-hydrogen) atoms. The fraction of sp³-hybridized carbons (Fsp3) is 0.375. The van der Waals surface area contributed by atoms with Gasteiger partial charge in [-0.15, -0.1) is 0 Å². The maximum atomic E-state index is 11.9. The fourth-order valence-electron chi connectivity index (χ4n) is 2.73. The van der Waals surface area contributed by atoms with E-state index in [0.29, 0.717) is 6.04 Å². The highest BCUT2D eigenvalue weighted by Crippen LogP contribution is 2.14. The number of hydrogen-bond acceptors (Lipinski definition) is 3. The van der Waals surface area contributed by atoms with Crippen LogP contribution in [0.5, 0.6) is 0 Å². The molecule has 3 aromatic rings. The molecule has 6 nitrogen and oxygen atoms in total. The van der Waals surface area contributed by atoms with Crippen LogP contribution in [0.2, 0.25) is 0 Å². The highest BCUT2D eigenvalue weighted by atomic mass is 16.1. The summed E-state index contributed by atoms with van der Waals surface area (Å²) in [6.07, 6.45) is 5.57. The number of fused-ring (bicyclic) bond motifs is 1. The van der Waals surface area contributed by atoms with Crippen molar-refractivity contribution in [3.05, 3.63) is 53.0 Å². The van der Waals surface area contributed by atoms with Crippen molar-refractivity contribution in [1.29, 1.82) is 0 Å². The maximum Gasteiger partial charge on any atom is 0.328 e. The van der Waals surface area contributed by atoms with E-state index < -0.39 is 0 Å². The molecule has 3 rings (SSSR count). The van der Waals surface area contributed by atoms with Crippen molar-refractivity contribution in [2.75, 3.05) is 0 Å². The second kappa shape index (κ2) is 5.81. The molecule has 116 valence electrons. The van der Waals surface area contributed by atoms with Crippen molar-refractivity contribution in [2.24, 2.45) is 14.1 Å². The van der Waals surface area contributed by atoms with Gasteiger partial charge < -0.3 is 9.88 Å². The molecule has 6 heteroatoms. The first kappa shape index (κ1) is 14.6. The quantitative estimate of drug-likeness (QED) is 0.771. The second-order valence-corrected chi connectivity index (χ2v) is 5.77. The molecule has 0 aliphatic rings. The molecule has 1 N–H and O–H groups in total. The molecule has 1 atom stereocenters. The van der Waals surface area contributed by atoms with Gasteiger partial charge in [-0.25, -0.2) is 9.78 Å². The summed E-state index contributed by atoms with van der Waals surface area (Å²) in [5, 5.41) is 3.50. The number of aryl methyl sites for hydroxylation is 2. The monoisotopic (exact) mass is 299 g/mol. The summed E-state index contributed by atoms with van der Waals surface area (Å²) in [6.45, 7) is 3.80. The lowest BCUT2D eigenvalue weighted by atomic mass is 10.2. The first-order chi connectivity index (χ1) is 10.6. The van der Waals surface area contributed by atoms with Gasteiger partial charge in [0.1, 0.15) is 0 Å². The predicted octanol–water partition coefficient (Wildman–Crippen LogP) is 1.25. The Hall–Kier alpha value is -2.34. The zero-order chi connectivity index (χ0) is 15.7. The molecular formula is C16H21N5O. The van der Waals surface area contributed by atoms with E-state index in [1.807, 2.05) is 25.6 Å². The lowest BCUT2D eigenvalue weighted by Gasteiger charge is -2.14. The topological polar surface area (TPSA) is 56.8 Å². The van der Waals surface area contributed by atoms with Crippen LogP contribution in [0.3, 0.4) is 0 Å². The van der Waals surface area contributed by atoms with Crippen molar-refractivity contribution < 1.29 is 0 Å². The van der Waals surface area contributed by atoms with Crippen LogP contribution in [0, 0.1) is 0 Å². The van der Waals surface area contributed by atoms with Gasteiger partial charge in [0.2, 0.25) is 0 Å². The number of nitrogens with one attached hydrogen (secondary N) is 1. The van der Waals surface area contributed by atoms with Gasteiger partial charge in [0.15, 0.2) is 0 Å². The molecule has 0 radical (unpaired) electrons. The summed E-state index contributed by atoms with van der Waals surface area (Å²) in [6, 6.07) is 6.49. The van der Waals surface area contributed by atoms with Crippen LogP contribution in [0.25, 0.3) is 11.0 Å². The molecule has 1 aromatic carbocycles. The Morgan fingerprint density at radius 3 is 2.73 bits per heavy atom. The van der Waals surface area contributed by atoms with Crippen LogP contribution in [-0.4, -0.2) is 24.7 Å². The molecular weight excluding hydrogens is 278 g/mol. The Bertz CT molecular complexity index is 828. The Morgan fingerprint density at radius 1 is 1.23 bits per heavy atom. The molecule has 0 saturated carbocycles. The minimum absolute atomic E-state index is 0.00795. The van der Waals surface area contributed by atoms with Crippen LogP contribution < -0.4 is 11.0 Å². The molecule has 0 unspecified atom stereocenters. The van der Waals surface area contributed by atoms with Crippen molar-refractivity contribution in [3.8, 4) is 0 Å². The molecule has 0 aliphatic heterocycles. The largest absolute Gasteiger partial charge is 0.336 e. The minimum atomic E-state index is 0.00795. The molecule has 0 bridgehead atoms. The third-order valence-corrected chi connectivity index (χ3v) is 4.03. The first-order valence-electron chi connectivity index (χ1n) is 7.39. The van der Waals surface area contributed by atoms with Gasteiger partial charge in [0, 0.05) is 45.6 Å². The van der Waals surface area contributed by atoms with Gasteiger partial charge in [-0.1, -0.05) is 6.07 Å². The van der Waals surface area contributed by atoms with Crippen LogP contribution in [-0.2, 0) is 27.2 Å². The lowest BCUT2D eigenvalue weighted by molar-refractivity contribution is 0.476. The van der Waals surface area contributed by atoms with Crippen molar-refractivity contribution in [3.63, 3.8) is 0 Å². The molecule has 0 fully saturated rings. The van der Waals surface area contributed by atoms with E-state index >= 15 is 0 Å². The average Bonchev–Trinajstić information content (AvgIpc) is 3.09. The van der Waals surface area contributed by atoms with Gasteiger partial charge in [0.25, 0.3) is 0 Å². The number of nitrogens with zero attached hydrogens (tertiary/aromatic N) is 4. The molecule has 0 amide bonds. The fourth-order valence-corrected chi connectivity index (χ4v) is 2.73. The van der Waals surface area contributed by atoms with Crippen LogP contribution >= 0.6 is 0 Å². The number of hydrogen-bond donors (Lipinski definition) is 1. The lowest BCUT2D eigenvalue weighted by Crippen LogP contribution is -2.29. The van der Waals surface area contributed by atoms with E-state index in [-0.39, 0.29) is 5.69 Å². The molecule has 2 aromatic heterocycles. The normalized spacial score (nSPS) is 12.9. The van der Waals surface area contributed by atoms with Gasteiger partial charge in [-0.3, -0.25) is 9.13 Å². The summed E-state index contributed by atoms with van der Waals surface area (Å²) in [4.78, 5) is 16.0. The number of aromatic nitrogens is 4. The SMILES string of the molecule is C[C@@H](Cn1ccnc1)NCc1ccc2c(c1)n(C)c(=O)n2C. The van der Waals surface area contributed by atoms with Crippen LogP contribution in [0.4, 0.5) is 0 Å². The Balaban J connectivity index is 1.71. The molecule has 0 spiro atoms. The Labute approximate surface area is 129 Å². The van der Waals surface area contributed by atoms with Gasteiger partial charge in [-0.05, 0) is 24.6 Å². The number of rotatable bonds is 5. The average molecular weight is 299 g/mol. The molecule has 0 saturated heterocycles. The number of benzene rings is 1. The van der Waals surface area contributed by atoms with E-state index in [1.54, 1.807) is 22.4 Å². The summed E-state index contributed by atoms with van der Waals surface area (Å²) >= 11 is 0. The third-order valence-electron chi connectivity index (χ3n) is 4.03. The smallest absolute Gasteiger partial charge is 0.328 e. The summed E-state index contributed by atoms with van der Waals surface area (Å²) < 4.78 is 5.42. The van der Waals surface area contributed by atoms with Gasteiger partial charge in [-0.2, -0.15) is 0 Å². The zero-order valence-corrected chi connectivity index (χ0v) is 13.2. The highest BCUT2D eigenvalue weighted by molar-refractivity contribution is 5.76. The molecule has 0 aliphatic carbocycles. The Morgan fingerprint density at radius 2 is 2.00 bits per heavy atom. The van der Waals surface area contributed by atoms with E-state index in [2.05, 4.69) is 33.9 Å². The number of imidazole rings is 2.